The van der Waals surface area contributed by atoms with E-state index in [9.17, 15) is 0 Å². The van der Waals surface area contributed by atoms with Gasteiger partial charge in [0, 0.05) is 12.7 Å². The average molecular weight is 420 g/mol. The fraction of sp³-hybridized carbons (Fsp3) is 0.318. The molecule has 8 heteroatoms. The zero-order valence-corrected chi connectivity index (χ0v) is 17.0. The second-order valence-electron chi connectivity index (χ2n) is 7.39. The Kier molecular flexibility index (Phi) is 5.43. The van der Waals surface area contributed by atoms with Crippen molar-refractivity contribution in [2.24, 2.45) is 0 Å². The number of nitrogens with one attached hydrogen (secondary N) is 2. The monoisotopic (exact) mass is 419 g/mol. The van der Waals surface area contributed by atoms with E-state index in [1.165, 1.54) is 0 Å². The van der Waals surface area contributed by atoms with E-state index in [0.29, 0.717) is 31.3 Å². The van der Waals surface area contributed by atoms with Crippen LogP contribution in [0.1, 0.15) is 11.1 Å². The van der Waals surface area contributed by atoms with E-state index in [4.69, 9.17) is 14.7 Å². The standard InChI is InChI=1S/C22H21N5O2S/c23-10-14-3-1-4-15(9-14)11-25-17-12-28-21-18(13-29-20(17)21)27-22-24-7-6-16(26-22)19-5-2-8-30-19/h1-9,17-18,20-21,25H,11-13H2,(H,24,26,27). The molecule has 2 saturated heterocycles. The lowest BCUT2D eigenvalue weighted by molar-refractivity contribution is 0.0675. The molecule has 0 amide bonds. The summed E-state index contributed by atoms with van der Waals surface area (Å²) in [6.45, 7) is 1.80. The third-order valence-corrected chi connectivity index (χ3v) is 6.31. The first kappa shape index (κ1) is 19.2. The van der Waals surface area contributed by atoms with Crippen LogP contribution in [0.5, 0.6) is 0 Å². The van der Waals surface area contributed by atoms with Gasteiger partial charge in [-0.1, -0.05) is 18.2 Å². The molecule has 4 unspecified atom stereocenters. The maximum absolute atomic E-state index is 9.06. The maximum atomic E-state index is 9.06. The fourth-order valence-electron chi connectivity index (χ4n) is 3.95. The van der Waals surface area contributed by atoms with Crippen LogP contribution in [0.2, 0.25) is 0 Å². The minimum atomic E-state index is -0.0538. The summed E-state index contributed by atoms with van der Waals surface area (Å²) in [5.74, 6) is 0.587. The van der Waals surface area contributed by atoms with Crippen molar-refractivity contribution in [2.45, 2.75) is 30.8 Å². The SMILES string of the molecule is N#Cc1cccc(CNC2COC3C(Nc4nccc(-c5cccs5)n4)COC23)c1. The summed E-state index contributed by atoms with van der Waals surface area (Å²) in [6, 6.07) is 15.9. The summed E-state index contributed by atoms with van der Waals surface area (Å²) in [6.07, 6.45) is 1.69. The zero-order chi connectivity index (χ0) is 20.3. The number of aromatic nitrogens is 2. The Morgan fingerprint density at radius 2 is 1.97 bits per heavy atom. The van der Waals surface area contributed by atoms with Crippen molar-refractivity contribution in [2.75, 3.05) is 18.5 Å². The minimum Gasteiger partial charge on any atom is -0.371 e. The first-order valence-corrected chi connectivity index (χ1v) is 10.8. The Morgan fingerprint density at radius 1 is 1.10 bits per heavy atom. The third kappa shape index (κ3) is 3.93. The molecule has 4 atom stereocenters. The van der Waals surface area contributed by atoms with Crippen molar-refractivity contribution in [3.05, 3.63) is 65.2 Å². The summed E-state index contributed by atoms with van der Waals surface area (Å²) in [4.78, 5) is 10.1. The van der Waals surface area contributed by atoms with Gasteiger partial charge in [0.05, 0.1) is 47.5 Å². The van der Waals surface area contributed by atoms with Gasteiger partial charge in [0.2, 0.25) is 5.95 Å². The van der Waals surface area contributed by atoms with E-state index < -0.39 is 0 Å². The molecule has 3 aromatic rings. The number of hydrogen-bond acceptors (Lipinski definition) is 8. The molecule has 152 valence electrons. The Bertz CT molecular complexity index is 1050. The molecule has 0 spiro atoms. The van der Waals surface area contributed by atoms with E-state index >= 15 is 0 Å². The Morgan fingerprint density at radius 3 is 2.80 bits per heavy atom. The Hall–Kier alpha value is -2.83. The minimum absolute atomic E-state index is 0.00213. The molecule has 0 bridgehead atoms. The second-order valence-corrected chi connectivity index (χ2v) is 8.34. The van der Waals surface area contributed by atoms with Gasteiger partial charge in [-0.05, 0) is 35.2 Å². The van der Waals surface area contributed by atoms with E-state index in [1.807, 2.05) is 47.8 Å². The highest BCUT2D eigenvalue weighted by atomic mass is 32.1. The van der Waals surface area contributed by atoms with Crippen LogP contribution in [-0.4, -0.2) is 47.5 Å². The van der Waals surface area contributed by atoms with E-state index in [0.717, 1.165) is 16.1 Å². The highest BCUT2D eigenvalue weighted by Crippen LogP contribution is 2.29. The molecule has 2 N–H and O–H groups in total. The van der Waals surface area contributed by atoms with Gasteiger partial charge in [0.1, 0.15) is 12.2 Å². The molecule has 2 aliphatic heterocycles. The fourth-order valence-corrected chi connectivity index (χ4v) is 4.65. The number of thiophene rings is 1. The van der Waals surface area contributed by atoms with Crippen molar-refractivity contribution in [1.82, 2.24) is 15.3 Å². The van der Waals surface area contributed by atoms with Gasteiger partial charge < -0.3 is 20.1 Å². The zero-order valence-electron chi connectivity index (χ0n) is 16.2. The van der Waals surface area contributed by atoms with Crippen LogP contribution in [0.25, 0.3) is 10.6 Å². The molecule has 1 aromatic carbocycles. The van der Waals surface area contributed by atoms with Gasteiger partial charge in [-0.3, -0.25) is 0 Å². The van der Waals surface area contributed by atoms with Crippen molar-refractivity contribution in [3.63, 3.8) is 0 Å². The number of benzene rings is 1. The number of ether oxygens (including phenoxy) is 2. The smallest absolute Gasteiger partial charge is 0.223 e. The van der Waals surface area contributed by atoms with Crippen molar-refractivity contribution in [1.29, 1.82) is 5.26 Å². The molecule has 0 aliphatic carbocycles. The predicted octanol–water partition coefficient (Wildman–Crippen LogP) is 2.81. The van der Waals surface area contributed by atoms with Crippen molar-refractivity contribution in [3.8, 4) is 16.6 Å². The van der Waals surface area contributed by atoms with Crippen molar-refractivity contribution < 1.29 is 9.47 Å². The number of anilines is 1. The average Bonchev–Trinajstić information content (AvgIpc) is 3.53. The molecular weight excluding hydrogens is 398 g/mol. The van der Waals surface area contributed by atoms with Crippen LogP contribution in [0.4, 0.5) is 5.95 Å². The lowest BCUT2D eigenvalue weighted by Gasteiger charge is -2.18. The predicted molar refractivity (Wildman–Crippen MR) is 114 cm³/mol. The van der Waals surface area contributed by atoms with Crippen LogP contribution in [0.15, 0.2) is 54.0 Å². The van der Waals surface area contributed by atoms with Crippen molar-refractivity contribution >= 4 is 17.3 Å². The lowest BCUT2D eigenvalue weighted by Crippen LogP contribution is -2.41. The van der Waals surface area contributed by atoms with E-state index in [2.05, 4.69) is 26.7 Å². The van der Waals surface area contributed by atoms with Gasteiger partial charge in [-0.2, -0.15) is 5.26 Å². The molecule has 0 radical (unpaired) electrons. The number of nitriles is 1. The molecule has 2 fully saturated rings. The number of nitrogens with zero attached hydrogens (tertiary/aromatic N) is 3. The normalized spacial score (nSPS) is 25.0. The topological polar surface area (TPSA) is 92.1 Å². The molecule has 2 aliphatic rings. The number of rotatable bonds is 6. The maximum Gasteiger partial charge on any atom is 0.223 e. The van der Waals surface area contributed by atoms with E-state index in [-0.39, 0.29) is 24.3 Å². The summed E-state index contributed by atoms with van der Waals surface area (Å²) < 4.78 is 12.1. The summed E-state index contributed by atoms with van der Waals surface area (Å²) in [5.41, 5.74) is 2.65. The first-order valence-electron chi connectivity index (χ1n) is 9.89. The molecule has 30 heavy (non-hydrogen) atoms. The van der Waals surface area contributed by atoms with Crippen LogP contribution in [0.3, 0.4) is 0 Å². The molecule has 2 aromatic heterocycles. The molecule has 4 heterocycles. The largest absolute Gasteiger partial charge is 0.371 e. The van der Waals surface area contributed by atoms with Gasteiger partial charge in [-0.25, -0.2) is 9.97 Å². The third-order valence-electron chi connectivity index (χ3n) is 5.42. The van der Waals surface area contributed by atoms with Gasteiger partial charge >= 0.3 is 0 Å². The van der Waals surface area contributed by atoms with Crippen LogP contribution in [-0.2, 0) is 16.0 Å². The lowest BCUT2D eigenvalue weighted by atomic mass is 10.1. The summed E-state index contributed by atoms with van der Waals surface area (Å²) in [5, 5.41) is 18.0. The van der Waals surface area contributed by atoms with Crippen LogP contribution >= 0.6 is 11.3 Å². The highest BCUT2D eigenvalue weighted by Gasteiger charge is 2.47. The van der Waals surface area contributed by atoms with Crippen LogP contribution in [0, 0.1) is 11.3 Å². The number of fused-ring (bicyclic) bond motifs is 1. The second kappa shape index (κ2) is 8.50. The van der Waals surface area contributed by atoms with Gasteiger partial charge in [-0.15, -0.1) is 11.3 Å². The molecule has 7 nitrogen and oxygen atoms in total. The summed E-state index contributed by atoms with van der Waals surface area (Å²) in [7, 11) is 0. The highest BCUT2D eigenvalue weighted by molar-refractivity contribution is 7.13. The molecule has 5 rings (SSSR count). The Labute approximate surface area is 178 Å². The quantitative estimate of drug-likeness (QED) is 0.635. The Balaban J connectivity index is 1.21. The first-order chi connectivity index (χ1) is 14.8. The van der Waals surface area contributed by atoms with Gasteiger partial charge in [0.25, 0.3) is 0 Å². The van der Waals surface area contributed by atoms with Gasteiger partial charge in [0.15, 0.2) is 0 Å². The van der Waals surface area contributed by atoms with Crippen LogP contribution < -0.4 is 10.6 Å². The molecule has 0 saturated carbocycles. The summed E-state index contributed by atoms with van der Waals surface area (Å²) >= 11 is 1.66. The van der Waals surface area contributed by atoms with E-state index in [1.54, 1.807) is 17.5 Å². The molecular formula is C22H21N5O2S. The number of hydrogen-bond donors (Lipinski definition) is 2.